The third-order valence-corrected chi connectivity index (χ3v) is 6.94. The molecule has 0 bridgehead atoms. The summed E-state index contributed by atoms with van der Waals surface area (Å²) >= 11 is 1.47. The van der Waals surface area contributed by atoms with Crippen molar-refractivity contribution in [3.05, 3.63) is 11.6 Å². The van der Waals surface area contributed by atoms with Crippen molar-refractivity contribution in [1.82, 2.24) is 0 Å². The highest BCUT2D eigenvalue weighted by Crippen LogP contribution is 2.54. The molecule has 5 nitrogen and oxygen atoms in total. The molecule has 1 saturated heterocycles. The fourth-order valence-corrected chi connectivity index (χ4v) is 5.40. The van der Waals surface area contributed by atoms with Gasteiger partial charge in [-0.15, -0.1) is 0 Å². The Kier molecular flexibility index (Phi) is 5.03. The van der Waals surface area contributed by atoms with E-state index in [1.165, 1.54) is 25.8 Å². The molecule has 0 unspecified atom stereocenters. The summed E-state index contributed by atoms with van der Waals surface area (Å²) in [4.78, 5) is 0. The molecule has 4 N–H and O–H groups in total. The van der Waals surface area contributed by atoms with Gasteiger partial charge in [-0.2, -0.15) is 11.8 Å². The minimum atomic E-state index is -1.90. The molecule has 1 heterocycles. The van der Waals surface area contributed by atoms with Crippen LogP contribution in [0.1, 0.15) is 40.0 Å². The lowest BCUT2D eigenvalue weighted by molar-refractivity contribution is -0.312. The maximum Gasteiger partial charge on any atom is 0.152 e. The second kappa shape index (κ2) is 6.07. The molecule has 6 atom stereocenters. The van der Waals surface area contributed by atoms with Crippen LogP contribution in [-0.2, 0) is 4.74 Å². The predicted molar refractivity (Wildman–Crippen MR) is 86.9 cm³/mol. The Balaban J connectivity index is 2.43. The third-order valence-electron chi connectivity index (χ3n) is 5.24. The fourth-order valence-electron chi connectivity index (χ4n) is 3.83. The number of thioether (sulfide) groups is 1. The van der Waals surface area contributed by atoms with Crippen LogP contribution in [0.25, 0.3) is 0 Å². The number of rotatable bonds is 3. The predicted octanol–water partition coefficient (Wildman–Crippen LogP) is 0.841. The Labute approximate surface area is 136 Å². The summed E-state index contributed by atoms with van der Waals surface area (Å²) < 4.78 is 5.31. The molecule has 0 aromatic heterocycles. The van der Waals surface area contributed by atoms with Gasteiger partial charge in [0.25, 0.3) is 0 Å². The number of aliphatic hydroxyl groups excluding tert-OH is 1. The minimum Gasteiger partial charge on any atom is -0.390 e. The first kappa shape index (κ1) is 18.2. The lowest BCUT2D eigenvalue weighted by atomic mass is 9.60. The molecule has 128 valence electrons. The molecule has 2 aliphatic rings. The maximum atomic E-state index is 11.3. The highest BCUT2D eigenvalue weighted by Gasteiger charge is 2.71. The molecular formula is C16H28O5S. The van der Waals surface area contributed by atoms with Gasteiger partial charge in [0.05, 0.1) is 6.10 Å². The second-order valence-corrected chi connectivity index (χ2v) is 8.22. The maximum absolute atomic E-state index is 11.3. The van der Waals surface area contributed by atoms with Crippen molar-refractivity contribution < 1.29 is 25.2 Å². The summed E-state index contributed by atoms with van der Waals surface area (Å²) in [7, 11) is 1.39. The van der Waals surface area contributed by atoms with Crippen molar-refractivity contribution >= 4 is 11.8 Å². The Morgan fingerprint density at radius 2 is 1.95 bits per heavy atom. The first-order valence-corrected chi connectivity index (χ1v) is 8.78. The van der Waals surface area contributed by atoms with Crippen LogP contribution in [0.4, 0.5) is 0 Å². The molecule has 1 aliphatic heterocycles. The van der Waals surface area contributed by atoms with Crippen molar-refractivity contribution in [3.63, 3.8) is 0 Å². The number of allylic oxidation sites excluding steroid dienone is 2. The quantitative estimate of drug-likeness (QED) is 0.573. The molecule has 0 spiro atoms. The van der Waals surface area contributed by atoms with Crippen molar-refractivity contribution in [2.45, 2.75) is 74.3 Å². The largest absolute Gasteiger partial charge is 0.390 e. The van der Waals surface area contributed by atoms with Gasteiger partial charge in [-0.25, -0.2) is 0 Å². The lowest BCUT2D eigenvalue weighted by Crippen LogP contribution is -2.81. The Morgan fingerprint density at radius 3 is 2.50 bits per heavy atom. The van der Waals surface area contributed by atoms with E-state index >= 15 is 0 Å². The van der Waals surface area contributed by atoms with E-state index in [-0.39, 0.29) is 11.7 Å². The van der Waals surface area contributed by atoms with Gasteiger partial charge in [0.15, 0.2) is 5.60 Å². The van der Waals surface area contributed by atoms with Crippen LogP contribution in [-0.4, -0.2) is 67.5 Å². The highest BCUT2D eigenvalue weighted by atomic mass is 32.2. The normalized spacial score (nSPS) is 48.6. The lowest BCUT2D eigenvalue weighted by Gasteiger charge is -2.62. The van der Waals surface area contributed by atoms with Gasteiger partial charge < -0.3 is 25.2 Å². The van der Waals surface area contributed by atoms with Crippen LogP contribution < -0.4 is 0 Å². The zero-order valence-corrected chi connectivity index (χ0v) is 14.6. The SMILES string of the molecule is CO[C@@H]1[C@H](O)CC[C@]2(O)CS[C@@H](CC=C(C)C)[C@](C)(O)[C@@]12O. The van der Waals surface area contributed by atoms with Gasteiger partial charge in [0.1, 0.15) is 17.3 Å². The molecule has 2 rings (SSSR count). The third kappa shape index (κ3) is 2.54. The summed E-state index contributed by atoms with van der Waals surface area (Å²) in [6, 6.07) is 0. The Bertz CT molecular complexity index is 448. The van der Waals surface area contributed by atoms with Gasteiger partial charge in [0, 0.05) is 18.1 Å². The van der Waals surface area contributed by atoms with E-state index in [4.69, 9.17) is 4.74 Å². The monoisotopic (exact) mass is 332 g/mol. The number of ether oxygens (including phenoxy) is 1. The molecule has 0 aromatic carbocycles. The summed E-state index contributed by atoms with van der Waals surface area (Å²) in [5.41, 5.74) is -3.82. The zero-order valence-electron chi connectivity index (χ0n) is 13.7. The average Bonchev–Trinajstić information content (AvgIpc) is 2.42. The fraction of sp³-hybridized carbons (Fsp3) is 0.875. The molecule has 0 aromatic rings. The van der Waals surface area contributed by atoms with Crippen molar-refractivity contribution in [2.75, 3.05) is 12.9 Å². The molecule has 6 heteroatoms. The molecule has 2 fully saturated rings. The smallest absolute Gasteiger partial charge is 0.152 e. The summed E-state index contributed by atoms with van der Waals surface area (Å²) in [6.45, 7) is 5.50. The number of aliphatic hydroxyl groups is 4. The van der Waals surface area contributed by atoms with Crippen LogP contribution in [0.3, 0.4) is 0 Å². The highest BCUT2D eigenvalue weighted by molar-refractivity contribution is 8.00. The Morgan fingerprint density at radius 1 is 1.32 bits per heavy atom. The molecule has 1 saturated carbocycles. The first-order valence-electron chi connectivity index (χ1n) is 7.73. The standard InChI is InChI=1S/C16H28O5S/c1-10(2)5-6-12-14(3,18)16(20)13(21-4)11(17)7-8-15(16,19)9-22-12/h5,11-13,17-20H,6-9H2,1-4H3/t11-,12+,13-,14+,15+,16+/m1/s1. The van der Waals surface area contributed by atoms with Gasteiger partial charge in [0.2, 0.25) is 0 Å². The van der Waals surface area contributed by atoms with Crippen molar-refractivity contribution in [2.24, 2.45) is 0 Å². The van der Waals surface area contributed by atoms with E-state index in [1.54, 1.807) is 0 Å². The van der Waals surface area contributed by atoms with Gasteiger partial charge in [-0.05, 0) is 40.0 Å². The van der Waals surface area contributed by atoms with E-state index in [0.717, 1.165) is 5.57 Å². The van der Waals surface area contributed by atoms with E-state index < -0.39 is 29.0 Å². The van der Waals surface area contributed by atoms with Crippen LogP contribution in [0.5, 0.6) is 0 Å². The topological polar surface area (TPSA) is 90.2 Å². The Hall–Kier alpha value is -0.110. The number of methoxy groups -OCH3 is 1. The summed E-state index contributed by atoms with van der Waals surface area (Å²) in [5.74, 6) is 0.313. The van der Waals surface area contributed by atoms with E-state index in [1.807, 2.05) is 19.9 Å². The van der Waals surface area contributed by atoms with Crippen molar-refractivity contribution in [3.8, 4) is 0 Å². The average molecular weight is 332 g/mol. The van der Waals surface area contributed by atoms with Crippen LogP contribution in [0.2, 0.25) is 0 Å². The van der Waals surface area contributed by atoms with Gasteiger partial charge in [-0.1, -0.05) is 11.6 Å². The zero-order chi connectivity index (χ0) is 16.8. The summed E-state index contributed by atoms with van der Waals surface area (Å²) in [5, 5.41) is 43.3. The van der Waals surface area contributed by atoms with Crippen LogP contribution >= 0.6 is 11.8 Å². The summed E-state index contributed by atoms with van der Waals surface area (Å²) in [6.07, 6.45) is 1.26. The number of hydrogen-bond donors (Lipinski definition) is 4. The number of hydrogen-bond acceptors (Lipinski definition) is 6. The second-order valence-electron chi connectivity index (χ2n) is 7.02. The number of fused-ring (bicyclic) bond motifs is 1. The van der Waals surface area contributed by atoms with Crippen molar-refractivity contribution in [1.29, 1.82) is 0 Å². The molecule has 22 heavy (non-hydrogen) atoms. The van der Waals surface area contributed by atoms with E-state index in [2.05, 4.69) is 0 Å². The minimum absolute atomic E-state index is 0.239. The molecule has 1 aliphatic carbocycles. The molecule has 0 amide bonds. The van der Waals surface area contributed by atoms with Gasteiger partial charge >= 0.3 is 0 Å². The van der Waals surface area contributed by atoms with Crippen LogP contribution in [0.15, 0.2) is 11.6 Å². The van der Waals surface area contributed by atoms with E-state index in [0.29, 0.717) is 18.6 Å². The first-order chi connectivity index (χ1) is 10.1. The van der Waals surface area contributed by atoms with Crippen LogP contribution in [0, 0.1) is 0 Å². The molecule has 0 radical (unpaired) electrons. The molecular weight excluding hydrogens is 304 g/mol. The van der Waals surface area contributed by atoms with Gasteiger partial charge in [-0.3, -0.25) is 0 Å². The van der Waals surface area contributed by atoms with E-state index in [9.17, 15) is 20.4 Å².